The molecule has 0 aromatic carbocycles. The fourth-order valence-corrected chi connectivity index (χ4v) is 4.46. The molecular formula is C29H36N6O3. The Labute approximate surface area is 223 Å². The second kappa shape index (κ2) is 12.5. The monoisotopic (exact) mass is 516 g/mol. The Morgan fingerprint density at radius 2 is 1.92 bits per heavy atom. The van der Waals surface area contributed by atoms with Crippen LogP contribution in [0.3, 0.4) is 0 Å². The summed E-state index contributed by atoms with van der Waals surface area (Å²) in [6, 6.07) is 11.3. The lowest BCUT2D eigenvalue weighted by molar-refractivity contribution is 0.00196. The summed E-state index contributed by atoms with van der Waals surface area (Å²) >= 11 is 0. The minimum Gasteiger partial charge on any atom is -0.390 e. The minimum absolute atomic E-state index is 0.158. The van der Waals surface area contributed by atoms with Gasteiger partial charge < -0.3 is 14.3 Å². The SMILES string of the molecule is CC(=O)c1c(N(C)C2CCCCC2)c2nc(C#N)ccc2n(C)c1=O.CC(C)(C)O/N=C/c1ccccn1. The average molecular weight is 517 g/mol. The molecule has 200 valence electrons. The van der Waals surface area contributed by atoms with Crippen molar-refractivity contribution in [3.05, 3.63) is 63.8 Å². The first-order chi connectivity index (χ1) is 18.0. The van der Waals surface area contributed by atoms with Crippen LogP contribution in [-0.2, 0) is 11.9 Å². The van der Waals surface area contributed by atoms with Crippen molar-refractivity contribution in [3.63, 3.8) is 0 Å². The maximum absolute atomic E-state index is 12.8. The predicted octanol–water partition coefficient (Wildman–Crippen LogP) is 5.01. The number of anilines is 1. The smallest absolute Gasteiger partial charge is 0.263 e. The van der Waals surface area contributed by atoms with Crippen LogP contribution in [0.15, 0.2) is 46.5 Å². The quantitative estimate of drug-likeness (QED) is 0.266. The number of rotatable bonds is 5. The summed E-state index contributed by atoms with van der Waals surface area (Å²) in [6.45, 7) is 7.25. The van der Waals surface area contributed by atoms with Gasteiger partial charge in [-0.05, 0) is 64.8 Å². The molecule has 0 amide bonds. The van der Waals surface area contributed by atoms with Crippen LogP contribution in [-0.4, -0.2) is 45.2 Å². The molecule has 0 bridgehead atoms. The topological polar surface area (TPSA) is 113 Å². The molecule has 3 aromatic heterocycles. The highest BCUT2D eigenvalue weighted by Gasteiger charge is 2.27. The zero-order chi connectivity index (χ0) is 27.9. The van der Waals surface area contributed by atoms with Crippen LogP contribution in [0.25, 0.3) is 11.0 Å². The van der Waals surface area contributed by atoms with Gasteiger partial charge in [-0.3, -0.25) is 14.6 Å². The first-order valence-electron chi connectivity index (χ1n) is 12.8. The van der Waals surface area contributed by atoms with Gasteiger partial charge in [-0.25, -0.2) is 4.98 Å². The van der Waals surface area contributed by atoms with E-state index >= 15 is 0 Å². The van der Waals surface area contributed by atoms with Crippen LogP contribution in [0, 0.1) is 11.3 Å². The number of aryl methyl sites for hydroxylation is 1. The van der Waals surface area contributed by atoms with Gasteiger partial charge in [0.2, 0.25) is 0 Å². The van der Waals surface area contributed by atoms with E-state index < -0.39 is 0 Å². The molecule has 1 fully saturated rings. The molecular weight excluding hydrogens is 480 g/mol. The maximum atomic E-state index is 12.8. The molecule has 0 aliphatic heterocycles. The third-order valence-electron chi connectivity index (χ3n) is 6.36. The van der Waals surface area contributed by atoms with Crippen molar-refractivity contribution < 1.29 is 9.63 Å². The minimum atomic E-state index is -0.316. The van der Waals surface area contributed by atoms with Crippen molar-refractivity contribution in [1.82, 2.24) is 14.5 Å². The van der Waals surface area contributed by atoms with Gasteiger partial charge in [0.1, 0.15) is 28.4 Å². The molecule has 0 atom stereocenters. The summed E-state index contributed by atoms with van der Waals surface area (Å²) in [5.41, 5.74) is 2.41. The molecule has 0 spiro atoms. The number of carbonyl (C=O) groups excluding carboxylic acids is 1. The lowest BCUT2D eigenvalue weighted by Gasteiger charge is -2.34. The van der Waals surface area contributed by atoms with Crippen molar-refractivity contribution >= 4 is 28.7 Å². The van der Waals surface area contributed by atoms with Crippen LogP contribution in [0.2, 0.25) is 0 Å². The number of nitrogens with zero attached hydrogens (tertiary/aromatic N) is 6. The van der Waals surface area contributed by atoms with Crippen molar-refractivity contribution in [2.24, 2.45) is 12.2 Å². The van der Waals surface area contributed by atoms with E-state index in [1.807, 2.05) is 57.0 Å². The van der Waals surface area contributed by atoms with E-state index in [2.05, 4.69) is 15.1 Å². The highest BCUT2D eigenvalue weighted by atomic mass is 16.6. The summed E-state index contributed by atoms with van der Waals surface area (Å²) in [5.74, 6) is -0.274. The second-order valence-electron chi connectivity index (χ2n) is 10.4. The number of ketones is 1. The maximum Gasteiger partial charge on any atom is 0.263 e. The van der Waals surface area contributed by atoms with Gasteiger partial charge in [0.15, 0.2) is 5.78 Å². The van der Waals surface area contributed by atoms with Gasteiger partial charge in [-0.1, -0.05) is 30.5 Å². The Bertz CT molecular complexity index is 1390. The van der Waals surface area contributed by atoms with Gasteiger partial charge >= 0.3 is 0 Å². The zero-order valence-electron chi connectivity index (χ0n) is 23.1. The number of Topliss-reactive ketones (excluding diaryl/α,β-unsaturated/α-hetero) is 1. The number of carbonyl (C=O) groups is 1. The summed E-state index contributed by atoms with van der Waals surface area (Å²) in [5, 5.41) is 13.0. The molecule has 3 heterocycles. The molecule has 38 heavy (non-hydrogen) atoms. The largest absolute Gasteiger partial charge is 0.390 e. The van der Waals surface area contributed by atoms with Gasteiger partial charge in [-0.2, -0.15) is 5.26 Å². The van der Waals surface area contributed by atoms with Crippen LogP contribution >= 0.6 is 0 Å². The lowest BCUT2D eigenvalue weighted by Crippen LogP contribution is -2.37. The number of hydrogen-bond donors (Lipinski definition) is 0. The molecule has 0 radical (unpaired) electrons. The van der Waals surface area contributed by atoms with Crippen molar-refractivity contribution in [3.8, 4) is 6.07 Å². The van der Waals surface area contributed by atoms with Gasteiger partial charge in [0, 0.05) is 26.3 Å². The summed E-state index contributed by atoms with van der Waals surface area (Å²) < 4.78 is 1.44. The number of nitriles is 1. The Morgan fingerprint density at radius 3 is 2.50 bits per heavy atom. The summed E-state index contributed by atoms with van der Waals surface area (Å²) in [7, 11) is 3.56. The van der Waals surface area contributed by atoms with Gasteiger partial charge in [0.25, 0.3) is 5.56 Å². The van der Waals surface area contributed by atoms with Gasteiger partial charge in [0.05, 0.1) is 23.1 Å². The molecule has 1 aliphatic rings. The van der Waals surface area contributed by atoms with E-state index in [9.17, 15) is 14.9 Å². The van der Waals surface area contributed by atoms with Crippen LogP contribution in [0.5, 0.6) is 0 Å². The van der Waals surface area contributed by atoms with Crippen molar-refractivity contribution in [2.75, 3.05) is 11.9 Å². The first kappa shape index (κ1) is 28.5. The number of aromatic nitrogens is 3. The zero-order valence-corrected chi connectivity index (χ0v) is 23.1. The molecule has 4 rings (SSSR count). The molecule has 9 heteroatoms. The summed E-state index contributed by atoms with van der Waals surface area (Å²) in [4.78, 5) is 40.8. The number of pyridine rings is 3. The first-order valence-corrected chi connectivity index (χ1v) is 12.8. The highest BCUT2D eigenvalue weighted by molar-refractivity contribution is 6.06. The van der Waals surface area contributed by atoms with E-state index in [4.69, 9.17) is 4.84 Å². The molecule has 1 aliphatic carbocycles. The molecule has 9 nitrogen and oxygen atoms in total. The number of oxime groups is 1. The number of hydrogen-bond acceptors (Lipinski definition) is 8. The number of fused-ring (bicyclic) bond motifs is 1. The van der Waals surface area contributed by atoms with Crippen LogP contribution < -0.4 is 10.5 Å². The lowest BCUT2D eigenvalue weighted by atomic mass is 9.93. The second-order valence-corrected chi connectivity index (χ2v) is 10.4. The summed E-state index contributed by atoms with van der Waals surface area (Å²) in [6.07, 6.45) is 8.89. The Hall–Kier alpha value is -4.06. The van der Waals surface area contributed by atoms with E-state index in [0.29, 0.717) is 16.7 Å². The van der Waals surface area contributed by atoms with Crippen LogP contribution in [0.1, 0.15) is 81.5 Å². The van der Waals surface area contributed by atoms with E-state index in [-0.39, 0.29) is 34.2 Å². The third-order valence-corrected chi connectivity index (χ3v) is 6.36. The Balaban J connectivity index is 0.000000260. The third kappa shape index (κ3) is 7.03. The Morgan fingerprint density at radius 1 is 1.21 bits per heavy atom. The highest BCUT2D eigenvalue weighted by Crippen LogP contribution is 2.32. The van der Waals surface area contributed by atoms with E-state index in [1.165, 1.54) is 17.9 Å². The average Bonchev–Trinajstić information content (AvgIpc) is 2.90. The fourth-order valence-electron chi connectivity index (χ4n) is 4.46. The molecule has 1 saturated carbocycles. The molecule has 3 aromatic rings. The van der Waals surface area contributed by atoms with Crippen molar-refractivity contribution in [2.45, 2.75) is 71.4 Å². The van der Waals surface area contributed by atoms with Crippen LogP contribution in [0.4, 0.5) is 5.69 Å². The predicted molar refractivity (Wildman–Crippen MR) is 150 cm³/mol. The normalized spacial score (nSPS) is 14.0. The van der Waals surface area contributed by atoms with E-state index in [1.54, 1.807) is 31.6 Å². The fraction of sp³-hybridized carbons (Fsp3) is 0.448. The van der Waals surface area contributed by atoms with Crippen molar-refractivity contribution in [1.29, 1.82) is 5.26 Å². The Kier molecular flexibility index (Phi) is 9.35. The molecule has 0 saturated heterocycles. The van der Waals surface area contributed by atoms with E-state index in [0.717, 1.165) is 31.4 Å². The molecule has 0 N–H and O–H groups in total. The molecule has 0 unspecified atom stereocenters. The standard InChI is InChI=1S/C19H22N4O2.C10H14N2O/c1-12(24)16-18(22(2)14-7-5-4-6-8-14)17-15(23(3)19(16)25)10-9-13(11-20)21-17;1-10(2,3)13-12-8-9-6-4-5-7-11-9/h9-10,14H,4-8H2,1-3H3;4-8H,1-3H3/b;12-8+. The van der Waals surface area contributed by atoms with Gasteiger partial charge in [-0.15, -0.1) is 0 Å².